The van der Waals surface area contributed by atoms with E-state index in [2.05, 4.69) is 19.2 Å². The third kappa shape index (κ3) is 5.68. The molecule has 0 amide bonds. The van der Waals surface area contributed by atoms with Crippen LogP contribution in [-0.2, 0) is 6.42 Å². The highest BCUT2D eigenvalue weighted by Gasteiger charge is 2.10. The normalized spacial score (nSPS) is 12.6. The van der Waals surface area contributed by atoms with E-state index in [1.807, 2.05) is 0 Å². The van der Waals surface area contributed by atoms with Crippen molar-refractivity contribution in [2.24, 2.45) is 0 Å². The third-order valence-electron chi connectivity index (χ3n) is 3.35. The van der Waals surface area contributed by atoms with Crippen LogP contribution in [0, 0.1) is 11.6 Å². The van der Waals surface area contributed by atoms with Gasteiger partial charge in [0.05, 0.1) is 0 Å². The van der Waals surface area contributed by atoms with Gasteiger partial charge in [0.1, 0.15) is 0 Å². The maximum absolute atomic E-state index is 13.5. The maximum atomic E-state index is 13.5. The fraction of sp³-hybridized carbons (Fsp3) is 0.625. The van der Waals surface area contributed by atoms with Gasteiger partial charge in [0, 0.05) is 6.04 Å². The van der Waals surface area contributed by atoms with Crippen molar-refractivity contribution in [3.63, 3.8) is 0 Å². The van der Waals surface area contributed by atoms with E-state index in [9.17, 15) is 8.78 Å². The van der Waals surface area contributed by atoms with E-state index in [4.69, 9.17) is 0 Å². The van der Waals surface area contributed by atoms with Crippen LogP contribution >= 0.6 is 0 Å². The van der Waals surface area contributed by atoms with Gasteiger partial charge >= 0.3 is 0 Å². The molecule has 1 nitrogen and oxygen atoms in total. The summed E-state index contributed by atoms with van der Waals surface area (Å²) in [5.41, 5.74) is 0.491. The summed E-state index contributed by atoms with van der Waals surface area (Å²) < 4.78 is 26.6. The van der Waals surface area contributed by atoms with Crippen molar-refractivity contribution >= 4 is 0 Å². The third-order valence-corrected chi connectivity index (χ3v) is 3.35. The zero-order valence-electron chi connectivity index (χ0n) is 12.0. The summed E-state index contributed by atoms with van der Waals surface area (Å²) in [6, 6.07) is 4.92. The average molecular weight is 269 g/mol. The van der Waals surface area contributed by atoms with E-state index in [-0.39, 0.29) is 0 Å². The highest BCUT2D eigenvalue weighted by Crippen LogP contribution is 2.15. The molecule has 0 aliphatic heterocycles. The minimum Gasteiger partial charge on any atom is -0.314 e. The van der Waals surface area contributed by atoms with Gasteiger partial charge in [-0.25, -0.2) is 8.78 Å². The standard InChI is InChI=1S/C16H25F2N/c1-3-7-14(19-12-4-2)10-5-8-13-9-6-11-15(17)16(13)18/h6,9,11,14,19H,3-5,7-8,10,12H2,1-2H3. The van der Waals surface area contributed by atoms with Crippen LogP contribution < -0.4 is 5.32 Å². The molecule has 0 saturated carbocycles. The first-order chi connectivity index (χ1) is 9.19. The largest absolute Gasteiger partial charge is 0.314 e. The van der Waals surface area contributed by atoms with Gasteiger partial charge in [-0.05, 0) is 50.3 Å². The topological polar surface area (TPSA) is 12.0 Å². The quantitative estimate of drug-likeness (QED) is 0.698. The smallest absolute Gasteiger partial charge is 0.162 e. The molecule has 1 aromatic carbocycles. The van der Waals surface area contributed by atoms with Crippen LogP contribution in [-0.4, -0.2) is 12.6 Å². The van der Waals surface area contributed by atoms with Gasteiger partial charge in [0.2, 0.25) is 0 Å². The summed E-state index contributed by atoms with van der Waals surface area (Å²) in [5.74, 6) is -1.43. The Morgan fingerprint density at radius 2 is 1.89 bits per heavy atom. The summed E-state index contributed by atoms with van der Waals surface area (Å²) in [6.07, 6.45) is 5.93. The predicted molar refractivity (Wildman–Crippen MR) is 76.3 cm³/mol. The summed E-state index contributed by atoms with van der Waals surface area (Å²) in [6.45, 7) is 5.35. The van der Waals surface area contributed by atoms with Crippen LogP contribution in [0.5, 0.6) is 0 Å². The molecule has 0 bridgehead atoms. The molecule has 0 aliphatic carbocycles. The monoisotopic (exact) mass is 269 g/mol. The Balaban J connectivity index is 2.40. The molecule has 0 saturated heterocycles. The van der Waals surface area contributed by atoms with E-state index in [0.717, 1.165) is 38.6 Å². The van der Waals surface area contributed by atoms with Crippen molar-refractivity contribution in [1.29, 1.82) is 0 Å². The Hall–Kier alpha value is -0.960. The Bertz CT molecular complexity index is 366. The number of nitrogens with one attached hydrogen (secondary N) is 1. The van der Waals surface area contributed by atoms with Crippen molar-refractivity contribution in [1.82, 2.24) is 5.32 Å². The molecule has 0 radical (unpaired) electrons. The molecule has 3 heteroatoms. The first-order valence-electron chi connectivity index (χ1n) is 7.35. The molecule has 0 spiro atoms. The van der Waals surface area contributed by atoms with Crippen LogP contribution in [0.3, 0.4) is 0 Å². The van der Waals surface area contributed by atoms with Crippen LogP contribution in [0.2, 0.25) is 0 Å². The minimum atomic E-state index is -0.744. The van der Waals surface area contributed by atoms with E-state index in [1.165, 1.54) is 6.07 Å². The Labute approximate surface area is 115 Å². The van der Waals surface area contributed by atoms with Gasteiger partial charge in [-0.15, -0.1) is 0 Å². The molecule has 0 fully saturated rings. The lowest BCUT2D eigenvalue weighted by molar-refractivity contribution is 0.434. The zero-order chi connectivity index (χ0) is 14.1. The fourth-order valence-corrected chi connectivity index (χ4v) is 2.33. The lowest BCUT2D eigenvalue weighted by atomic mass is 10.0. The van der Waals surface area contributed by atoms with Crippen LogP contribution in [0.25, 0.3) is 0 Å². The second kappa shape index (κ2) is 9.03. The molecule has 1 aromatic rings. The van der Waals surface area contributed by atoms with Gasteiger partial charge < -0.3 is 5.32 Å². The van der Waals surface area contributed by atoms with Gasteiger partial charge in [0.15, 0.2) is 11.6 Å². The Morgan fingerprint density at radius 1 is 1.11 bits per heavy atom. The van der Waals surface area contributed by atoms with Crippen LogP contribution in [0.1, 0.15) is 51.5 Å². The van der Waals surface area contributed by atoms with E-state index >= 15 is 0 Å². The van der Waals surface area contributed by atoms with Crippen molar-refractivity contribution in [3.05, 3.63) is 35.4 Å². The number of rotatable bonds is 9. The van der Waals surface area contributed by atoms with Crippen molar-refractivity contribution < 1.29 is 8.78 Å². The summed E-state index contributed by atoms with van der Waals surface area (Å²) >= 11 is 0. The molecule has 1 unspecified atom stereocenters. The molecule has 1 rings (SSSR count). The van der Waals surface area contributed by atoms with Gasteiger partial charge in [0.25, 0.3) is 0 Å². The molecule has 0 aromatic heterocycles. The SMILES string of the molecule is CCCNC(CCC)CCCc1cccc(F)c1F. The summed E-state index contributed by atoms with van der Waals surface area (Å²) in [4.78, 5) is 0. The first-order valence-corrected chi connectivity index (χ1v) is 7.35. The number of hydrogen-bond donors (Lipinski definition) is 1. The maximum Gasteiger partial charge on any atom is 0.162 e. The average Bonchev–Trinajstić information content (AvgIpc) is 2.40. The molecule has 19 heavy (non-hydrogen) atoms. The van der Waals surface area contributed by atoms with E-state index in [0.29, 0.717) is 18.0 Å². The van der Waals surface area contributed by atoms with Gasteiger partial charge in [-0.1, -0.05) is 32.4 Å². The molecule has 108 valence electrons. The second-order valence-corrected chi connectivity index (χ2v) is 5.04. The van der Waals surface area contributed by atoms with Crippen LogP contribution in [0.4, 0.5) is 8.78 Å². The zero-order valence-corrected chi connectivity index (χ0v) is 12.0. The summed E-state index contributed by atoms with van der Waals surface area (Å²) in [7, 11) is 0. The van der Waals surface area contributed by atoms with Crippen molar-refractivity contribution in [2.75, 3.05) is 6.54 Å². The second-order valence-electron chi connectivity index (χ2n) is 5.04. The molecule has 0 aliphatic rings. The van der Waals surface area contributed by atoms with Gasteiger partial charge in [-0.3, -0.25) is 0 Å². The molecule has 0 heterocycles. The number of aryl methyl sites for hydroxylation is 1. The molecule has 1 N–H and O–H groups in total. The minimum absolute atomic E-state index is 0.491. The Morgan fingerprint density at radius 3 is 2.58 bits per heavy atom. The van der Waals surface area contributed by atoms with E-state index < -0.39 is 11.6 Å². The van der Waals surface area contributed by atoms with Crippen molar-refractivity contribution in [3.8, 4) is 0 Å². The number of benzene rings is 1. The number of halogens is 2. The fourth-order valence-electron chi connectivity index (χ4n) is 2.33. The van der Waals surface area contributed by atoms with E-state index in [1.54, 1.807) is 12.1 Å². The molecular weight excluding hydrogens is 244 g/mol. The lowest BCUT2D eigenvalue weighted by Crippen LogP contribution is -2.29. The lowest BCUT2D eigenvalue weighted by Gasteiger charge is -2.17. The van der Waals surface area contributed by atoms with Gasteiger partial charge in [-0.2, -0.15) is 0 Å². The predicted octanol–water partition coefficient (Wildman–Crippen LogP) is 4.46. The summed E-state index contributed by atoms with van der Waals surface area (Å²) in [5, 5.41) is 3.51. The molecular formula is C16H25F2N. The highest BCUT2D eigenvalue weighted by atomic mass is 19.2. The Kier molecular flexibility index (Phi) is 7.65. The number of hydrogen-bond acceptors (Lipinski definition) is 1. The molecule has 1 atom stereocenters. The van der Waals surface area contributed by atoms with Crippen LogP contribution in [0.15, 0.2) is 18.2 Å². The highest BCUT2D eigenvalue weighted by molar-refractivity contribution is 5.18. The first kappa shape index (κ1) is 16.1. The van der Waals surface area contributed by atoms with Crippen molar-refractivity contribution in [2.45, 2.75) is 58.4 Å².